The summed E-state index contributed by atoms with van der Waals surface area (Å²) in [7, 11) is 1.56. The lowest BCUT2D eigenvalue weighted by Crippen LogP contribution is -2.03. The zero-order valence-electron chi connectivity index (χ0n) is 12.4. The van der Waals surface area contributed by atoms with Crippen LogP contribution in [0.1, 0.15) is 47.2 Å². The van der Waals surface area contributed by atoms with Crippen LogP contribution in [0.2, 0.25) is 0 Å². The van der Waals surface area contributed by atoms with E-state index in [0.717, 1.165) is 30.8 Å². The van der Waals surface area contributed by atoms with Crippen molar-refractivity contribution >= 4 is 5.97 Å². The number of methoxy groups -OCH3 is 1. The van der Waals surface area contributed by atoms with Crippen molar-refractivity contribution in [1.29, 1.82) is 0 Å². The molecule has 0 radical (unpaired) electrons. The third-order valence-corrected chi connectivity index (χ3v) is 3.40. The fourth-order valence-corrected chi connectivity index (χ4v) is 2.24. The summed E-state index contributed by atoms with van der Waals surface area (Å²) < 4.78 is 10.9. The number of hydrogen-bond acceptors (Lipinski definition) is 3. The maximum Gasteiger partial charge on any atom is 0.335 e. The molecule has 0 aliphatic heterocycles. The second kappa shape index (κ2) is 6.97. The molecule has 0 atom stereocenters. The van der Waals surface area contributed by atoms with Crippen molar-refractivity contribution in [2.75, 3.05) is 7.11 Å². The monoisotopic (exact) mass is 288 g/mol. The van der Waals surface area contributed by atoms with Crippen LogP contribution >= 0.6 is 0 Å². The Labute approximate surface area is 124 Å². The van der Waals surface area contributed by atoms with Crippen LogP contribution in [0.3, 0.4) is 0 Å². The van der Waals surface area contributed by atoms with Crippen molar-refractivity contribution in [3.63, 3.8) is 0 Å². The Morgan fingerprint density at radius 2 is 2.00 bits per heavy atom. The molecule has 0 amide bonds. The van der Waals surface area contributed by atoms with Gasteiger partial charge in [0.2, 0.25) is 0 Å². The topological polar surface area (TPSA) is 59.7 Å². The first-order valence-electron chi connectivity index (χ1n) is 7.11. The van der Waals surface area contributed by atoms with Gasteiger partial charge >= 0.3 is 5.97 Å². The van der Waals surface area contributed by atoms with Gasteiger partial charge in [-0.05, 0) is 42.3 Å². The van der Waals surface area contributed by atoms with E-state index in [1.54, 1.807) is 25.3 Å². The lowest BCUT2D eigenvalue weighted by Gasteiger charge is -2.07. The average Bonchev–Trinajstić information content (AvgIpc) is 2.92. The number of rotatable bonds is 7. The first-order chi connectivity index (χ1) is 10.1. The predicted octanol–water partition coefficient (Wildman–Crippen LogP) is 3.92. The van der Waals surface area contributed by atoms with Gasteiger partial charge in [-0.25, -0.2) is 4.79 Å². The molecular weight excluding hydrogens is 268 g/mol. The van der Waals surface area contributed by atoms with Crippen LogP contribution in [0.15, 0.2) is 34.7 Å². The van der Waals surface area contributed by atoms with E-state index in [-0.39, 0.29) is 5.56 Å². The van der Waals surface area contributed by atoms with Gasteiger partial charge in [-0.15, -0.1) is 0 Å². The van der Waals surface area contributed by atoms with Crippen LogP contribution in [0.25, 0.3) is 0 Å². The van der Waals surface area contributed by atoms with Gasteiger partial charge in [0.05, 0.1) is 12.7 Å². The van der Waals surface area contributed by atoms with E-state index in [0.29, 0.717) is 17.7 Å². The van der Waals surface area contributed by atoms with Crippen LogP contribution in [0.5, 0.6) is 5.75 Å². The summed E-state index contributed by atoms with van der Waals surface area (Å²) in [5, 5.41) is 9.26. The molecule has 2 rings (SSSR count). The molecule has 0 fully saturated rings. The molecule has 2 aromatic rings. The van der Waals surface area contributed by atoms with Gasteiger partial charge in [0.1, 0.15) is 17.3 Å². The van der Waals surface area contributed by atoms with Gasteiger partial charge in [-0.3, -0.25) is 0 Å². The largest absolute Gasteiger partial charge is 0.497 e. The van der Waals surface area contributed by atoms with Gasteiger partial charge in [0.15, 0.2) is 0 Å². The molecule has 1 aromatic carbocycles. The third-order valence-electron chi connectivity index (χ3n) is 3.40. The second-order valence-electron chi connectivity index (χ2n) is 4.98. The van der Waals surface area contributed by atoms with Gasteiger partial charge < -0.3 is 14.3 Å². The van der Waals surface area contributed by atoms with Crippen molar-refractivity contribution in [2.24, 2.45) is 0 Å². The van der Waals surface area contributed by atoms with E-state index < -0.39 is 5.97 Å². The highest BCUT2D eigenvalue weighted by Gasteiger charge is 2.13. The number of ether oxygens (including phenoxy) is 1. The Balaban J connectivity index is 2.21. The van der Waals surface area contributed by atoms with Gasteiger partial charge in [-0.2, -0.15) is 0 Å². The Morgan fingerprint density at radius 1 is 1.24 bits per heavy atom. The van der Waals surface area contributed by atoms with Crippen LogP contribution < -0.4 is 4.74 Å². The van der Waals surface area contributed by atoms with Crippen molar-refractivity contribution in [2.45, 2.75) is 32.6 Å². The molecular formula is C17H20O4. The first kappa shape index (κ1) is 15.2. The number of carboxylic acid groups (broad SMARTS) is 1. The number of benzene rings is 1. The average molecular weight is 288 g/mol. The number of unbranched alkanes of at least 4 members (excludes halogenated alkanes) is 1. The molecule has 0 unspecified atom stereocenters. The Morgan fingerprint density at radius 3 is 2.67 bits per heavy atom. The normalized spacial score (nSPS) is 10.6. The van der Waals surface area contributed by atoms with Gasteiger partial charge in [-0.1, -0.05) is 13.3 Å². The quantitative estimate of drug-likeness (QED) is 0.839. The first-order valence-corrected chi connectivity index (χ1v) is 7.11. The SMILES string of the molecule is CCCCc1ccc(Cc2cc(OC)ccc2C(=O)O)o1. The lowest BCUT2D eigenvalue weighted by atomic mass is 10.0. The lowest BCUT2D eigenvalue weighted by molar-refractivity contribution is 0.0696. The van der Waals surface area contributed by atoms with Crippen molar-refractivity contribution < 1.29 is 19.1 Å². The smallest absolute Gasteiger partial charge is 0.335 e. The van der Waals surface area contributed by atoms with Crippen LogP contribution in [-0.2, 0) is 12.8 Å². The Hall–Kier alpha value is -2.23. The van der Waals surface area contributed by atoms with E-state index in [1.807, 2.05) is 12.1 Å². The van der Waals surface area contributed by atoms with Crippen molar-refractivity contribution in [3.05, 3.63) is 53.0 Å². The molecule has 0 aliphatic carbocycles. The number of furan rings is 1. The molecule has 0 bridgehead atoms. The highest BCUT2D eigenvalue weighted by Crippen LogP contribution is 2.22. The number of carbonyl (C=O) groups is 1. The molecule has 4 heteroatoms. The highest BCUT2D eigenvalue weighted by molar-refractivity contribution is 5.89. The van der Waals surface area contributed by atoms with E-state index in [4.69, 9.17) is 9.15 Å². The third kappa shape index (κ3) is 3.88. The molecule has 1 aromatic heterocycles. The highest BCUT2D eigenvalue weighted by atomic mass is 16.5. The van der Waals surface area contributed by atoms with Crippen molar-refractivity contribution in [3.8, 4) is 5.75 Å². The molecule has 0 saturated heterocycles. The fourth-order valence-electron chi connectivity index (χ4n) is 2.24. The number of carboxylic acids is 1. The molecule has 0 spiro atoms. The van der Waals surface area contributed by atoms with Gasteiger partial charge in [0.25, 0.3) is 0 Å². The van der Waals surface area contributed by atoms with E-state index in [1.165, 1.54) is 0 Å². The molecule has 4 nitrogen and oxygen atoms in total. The molecule has 1 N–H and O–H groups in total. The standard InChI is InChI=1S/C17H20O4/c1-3-4-5-13-6-7-15(21-13)11-12-10-14(20-2)8-9-16(12)17(18)19/h6-10H,3-5,11H2,1-2H3,(H,18,19). The maximum atomic E-state index is 11.3. The van der Waals surface area contributed by atoms with Gasteiger partial charge in [0, 0.05) is 12.8 Å². The Bertz CT molecular complexity index is 613. The van der Waals surface area contributed by atoms with Crippen LogP contribution in [0.4, 0.5) is 0 Å². The maximum absolute atomic E-state index is 11.3. The second-order valence-corrected chi connectivity index (χ2v) is 4.98. The fraction of sp³-hybridized carbons (Fsp3) is 0.353. The van der Waals surface area contributed by atoms with Crippen LogP contribution in [0, 0.1) is 0 Å². The zero-order chi connectivity index (χ0) is 15.2. The predicted molar refractivity (Wildman–Crippen MR) is 80.1 cm³/mol. The minimum absolute atomic E-state index is 0.280. The summed E-state index contributed by atoms with van der Waals surface area (Å²) in [5.41, 5.74) is 0.973. The molecule has 1 heterocycles. The number of aryl methyl sites for hydroxylation is 1. The van der Waals surface area contributed by atoms with E-state index in [9.17, 15) is 9.90 Å². The minimum Gasteiger partial charge on any atom is -0.497 e. The summed E-state index contributed by atoms with van der Waals surface area (Å²) in [4.78, 5) is 11.3. The summed E-state index contributed by atoms with van der Waals surface area (Å²) in [6.07, 6.45) is 3.58. The molecule has 112 valence electrons. The molecule has 21 heavy (non-hydrogen) atoms. The zero-order valence-corrected chi connectivity index (χ0v) is 12.4. The summed E-state index contributed by atoms with van der Waals surface area (Å²) in [5.74, 6) is 1.43. The van der Waals surface area contributed by atoms with E-state index >= 15 is 0 Å². The summed E-state index contributed by atoms with van der Waals surface area (Å²) >= 11 is 0. The van der Waals surface area contributed by atoms with Crippen molar-refractivity contribution in [1.82, 2.24) is 0 Å². The summed E-state index contributed by atoms with van der Waals surface area (Å²) in [6, 6.07) is 8.85. The van der Waals surface area contributed by atoms with E-state index in [2.05, 4.69) is 6.92 Å². The Kier molecular flexibility index (Phi) is 5.04. The number of aromatic carboxylic acids is 1. The molecule has 0 aliphatic rings. The minimum atomic E-state index is -0.939. The molecule has 0 saturated carbocycles. The number of hydrogen-bond donors (Lipinski definition) is 1. The van der Waals surface area contributed by atoms with Crippen LogP contribution in [-0.4, -0.2) is 18.2 Å². The summed E-state index contributed by atoms with van der Waals surface area (Å²) in [6.45, 7) is 2.14.